The highest BCUT2D eigenvalue weighted by Gasteiger charge is 2.19. The average molecular weight is 223 g/mol. The summed E-state index contributed by atoms with van der Waals surface area (Å²) in [6.07, 6.45) is 2.80. The Morgan fingerprint density at radius 1 is 1.13 bits per heavy atom. The molecule has 0 radical (unpaired) electrons. The number of fused-ring (bicyclic) bond motifs is 1. The van der Waals surface area contributed by atoms with Crippen LogP contribution in [-0.4, -0.2) is 27.1 Å². The molecular formula is C9H5NO4S. The van der Waals surface area contributed by atoms with Crippen molar-refractivity contribution in [2.45, 2.75) is 0 Å². The zero-order valence-corrected chi connectivity index (χ0v) is 8.11. The summed E-state index contributed by atoms with van der Waals surface area (Å²) >= 11 is 0.750. The predicted octanol–water partition coefficient (Wildman–Crippen LogP) is 1.69. The largest absolute Gasteiger partial charge is 0.477 e. The molecule has 2 rings (SSSR count). The summed E-state index contributed by atoms with van der Waals surface area (Å²) < 4.78 is 0. The molecule has 2 aromatic heterocycles. The van der Waals surface area contributed by atoms with Gasteiger partial charge in [0.1, 0.15) is 9.75 Å². The average Bonchev–Trinajstić information content (AvgIpc) is 2.56. The Balaban J connectivity index is 2.85. The number of carboxylic acids is 2. The highest BCUT2D eigenvalue weighted by atomic mass is 32.1. The zero-order valence-electron chi connectivity index (χ0n) is 7.30. The van der Waals surface area contributed by atoms with Crippen LogP contribution in [0.1, 0.15) is 19.3 Å². The number of hydrogen-bond acceptors (Lipinski definition) is 4. The Kier molecular flexibility index (Phi) is 2.12. The first-order valence-electron chi connectivity index (χ1n) is 3.94. The van der Waals surface area contributed by atoms with Crippen LogP contribution in [0.4, 0.5) is 0 Å². The van der Waals surface area contributed by atoms with Gasteiger partial charge in [-0.05, 0) is 6.07 Å². The lowest BCUT2D eigenvalue weighted by Crippen LogP contribution is -1.92. The molecular weight excluding hydrogens is 218 g/mol. The monoisotopic (exact) mass is 223 g/mol. The van der Waals surface area contributed by atoms with Gasteiger partial charge in [-0.3, -0.25) is 4.98 Å². The van der Waals surface area contributed by atoms with Crippen LogP contribution < -0.4 is 0 Å². The van der Waals surface area contributed by atoms with Crippen molar-refractivity contribution < 1.29 is 19.8 Å². The van der Waals surface area contributed by atoms with Gasteiger partial charge in [0.15, 0.2) is 0 Å². The number of pyridine rings is 1. The zero-order chi connectivity index (χ0) is 11.0. The van der Waals surface area contributed by atoms with Gasteiger partial charge >= 0.3 is 11.9 Å². The Hall–Kier alpha value is -1.95. The summed E-state index contributed by atoms with van der Waals surface area (Å²) in [5.74, 6) is -2.26. The molecule has 76 valence electrons. The number of nitrogens with zero attached hydrogens (tertiary/aromatic N) is 1. The smallest absolute Gasteiger partial charge is 0.346 e. The normalized spacial score (nSPS) is 10.4. The standard InChI is InChI=1S/C9H5NO4S/c11-8(12)6-4-1-2-10-3-5(4)7(15-6)9(13)14/h1-3H,(H,11,12)(H,13,14). The predicted molar refractivity (Wildman–Crippen MR) is 53.5 cm³/mol. The van der Waals surface area contributed by atoms with E-state index in [1.807, 2.05) is 0 Å². The quantitative estimate of drug-likeness (QED) is 0.808. The number of aromatic nitrogens is 1. The summed E-state index contributed by atoms with van der Waals surface area (Å²) in [6, 6.07) is 1.50. The number of carbonyl (C=O) groups is 2. The first kappa shape index (κ1) is 9.60. The minimum atomic E-state index is -1.13. The van der Waals surface area contributed by atoms with Gasteiger partial charge in [0, 0.05) is 23.2 Å². The molecule has 2 heterocycles. The van der Waals surface area contributed by atoms with Crippen LogP contribution in [-0.2, 0) is 0 Å². The van der Waals surface area contributed by atoms with Crippen LogP contribution in [0.25, 0.3) is 10.8 Å². The van der Waals surface area contributed by atoms with E-state index in [4.69, 9.17) is 10.2 Å². The topological polar surface area (TPSA) is 87.5 Å². The van der Waals surface area contributed by atoms with E-state index in [-0.39, 0.29) is 9.75 Å². The fourth-order valence-electron chi connectivity index (χ4n) is 1.30. The summed E-state index contributed by atoms with van der Waals surface area (Å²) in [5, 5.41) is 18.5. The third kappa shape index (κ3) is 1.44. The van der Waals surface area contributed by atoms with Gasteiger partial charge in [0.2, 0.25) is 0 Å². The SMILES string of the molecule is O=C(O)c1sc(C(=O)O)c2cnccc12. The minimum Gasteiger partial charge on any atom is -0.477 e. The molecule has 0 saturated heterocycles. The van der Waals surface area contributed by atoms with E-state index in [1.165, 1.54) is 18.5 Å². The molecule has 0 aliphatic carbocycles. The number of rotatable bonds is 2. The van der Waals surface area contributed by atoms with Crippen molar-refractivity contribution in [3.05, 3.63) is 28.2 Å². The number of carboxylic acid groups (broad SMARTS) is 2. The molecule has 15 heavy (non-hydrogen) atoms. The second kappa shape index (κ2) is 3.32. The van der Waals surface area contributed by atoms with E-state index in [0.717, 1.165) is 11.3 Å². The fraction of sp³-hybridized carbons (Fsp3) is 0. The Morgan fingerprint density at radius 3 is 2.33 bits per heavy atom. The Bertz CT molecular complexity index is 512. The molecule has 0 unspecified atom stereocenters. The second-order valence-corrected chi connectivity index (χ2v) is 3.81. The molecule has 0 aliphatic heterocycles. The van der Waals surface area contributed by atoms with Gasteiger partial charge in [-0.1, -0.05) is 0 Å². The number of aromatic carboxylic acids is 2. The maximum Gasteiger partial charge on any atom is 0.346 e. The van der Waals surface area contributed by atoms with Crippen molar-refractivity contribution in [3.8, 4) is 0 Å². The van der Waals surface area contributed by atoms with Crippen LogP contribution in [0.5, 0.6) is 0 Å². The van der Waals surface area contributed by atoms with E-state index >= 15 is 0 Å². The lowest BCUT2D eigenvalue weighted by molar-refractivity contribution is 0.0695. The molecule has 0 bridgehead atoms. The van der Waals surface area contributed by atoms with Gasteiger partial charge in [-0.15, -0.1) is 11.3 Å². The molecule has 2 N–H and O–H groups in total. The molecule has 0 saturated carbocycles. The lowest BCUT2D eigenvalue weighted by atomic mass is 10.2. The Morgan fingerprint density at radius 2 is 1.73 bits per heavy atom. The van der Waals surface area contributed by atoms with Crippen molar-refractivity contribution in [2.75, 3.05) is 0 Å². The molecule has 0 atom stereocenters. The third-order valence-corrected chi connectivity index (χ3v) is 3.10. The summed E-state index contributed by atoms with van der Waals surface area (Å²) in [6.45, 7) is 0. The number of hydrogen-bond donors (Lipinski definition) is 2. The van der Waals surface area contributed by atoms with Crippen LogP contribution >= 0.6 is 11.3 Å². The number of thiophene rings is 1. The minimum absolute atomic E-state index is 0.00972. The Labute approximate surface area is 87.6 Å². The van der Waals surface area contributed by atoms with E-state index in [1.54, 1.807) is 0 Å². The van der Waals surface area contributed by atoms with E-state index in [2.05, 4.69) is 4.98 Å². The molecule has 0 amide bonds. The molecule has 5 nitrogen and oxygen atoms in total. The molecule has 0 spiro atoms. The fourth-order valence-corrected chi connectivity index (χ4v) is 2.24. The second-order valence-electron chi connectivity index (χ2n) is 2.79. The van der Waals surface area contributed by atoms with Gasteiger partial charge in [-0.2, -0.15) is 0 Å². The molecule has 2 aromatic rings. The summed E-state index contributed by atoms with van der Waals surface area (Å²) in [7, 11) is 0. The van der Waals surface area contributed by atoms with Crippen LogP contribution in [0, 0.1) is 0 Å². The van der Waals surface area contributed by atoms with Gasteiger partial charge < -0.3 is 10.2 Å². The maximum atomic E-state index is 10.8. The molecule has 6 heteroatoms. The highest BCUT2D eigenvalue weighted by Crippen LogP contribution is 2.30. The van der Waals surface area contributed by atoms with Crippen molar-refractivity contribution in [3.63, 3.8) is 0 Å². The molecule has 0 fully saturated rings. The van der Waals surface area contributed by atoms with Crippen molar-refractivity contribution in [1.82, 2.24) is 4.98 Å². The lowest BCUT2D eigenvalue weighted by Gasteiger charge is -1.90. The van der Waals surface area contributed by atoms with Crippen molar-refractivity contribution in [1.29, 1.82) is 0 Å². The molecule has 0 aromatic carbocycles. The van der Waals surface area contributed by atoms with E-state index < -0.39 is 11.9 Å². The molecule has 0 aliphatic rings. The van der Waals surface area contributed by atoms with Gasteiger partial charge in [0.05, 0.1) is 0 Å². The van der Waals surface area contributed by atoms with E-state index in [9.17, 15) is 9.59 Å². The maximum absolute atomic E-state index is 10.8. The highest BCUT2D eigenvalue weighted by molar-refractivity contribution is 7.17. The van der Waals surface area contributed by atoms with Gasteiger partial charge in [-0.25, -0.2) is 9.59 Å². The van der Waals surface area contributed by atoms with E-state index in [0.29, 0.717) is 10.8 Å². The summed E-state index contributed by atoms with van der Waals surface area (Å²) in [5.41, 5.74) is 0. The van der Waals surface area contributed by atoms with Gasteiger partial charge in [0.25, 0.3) is 0 Å². The first-order chi connectivity index (χ1) is 7.11. The van der Waals surface area contributed by atoms with Crippen LogP contribution in [0.2, 0.25) is 0 Å². The first-order valence-corrected chi connectivity index (χ1v) is 4.76. The van der Waals surface area contributed by atoms with Crippen molar-refractivity contribution in [2.24, 2.45) is 0 Å². The van der Waals surface area contributed by atoms with Crippen LogP contribution in [0.3, 0.4) is 0 Å². The van der Waals surface area contributed by atoms with Crippen LogP contribution in [0.15, 0.2) is 18.5 Å². The third-order valence-electron chi connectivity index (χ3n) is 1.90. The van der Waals surface area contributed by atoms with Crippen molar-refractivity contribution >= 4 is 34.0 Å². The summed E-state index contributed by atoms with van der Waals surface area (Å²) in [4.78, 5) is 25.5.